The van der Waals surface area contributed by atoms with Crippen LogP contribution in [0.1, 0.15) is 24.8 Å². The summed E-state index contributed by atoms with van der Waals surface area (Å²) in [5.41, 5.74) is 2.89. The van der Waals surface area contributed by atoms with Crippen molar-refractivity contribution in [2.75, 3.05) is 30.4 Å². The number of amides is 3. The third kappa shape index (κ3) is 5.00. The van der Waals surface area contributed by atoms with Crippen molar-refractivity contribution in [3.8, 4) is 5.75 Å². The lowest BCUT2D eigenvalue weighted by Crippen LogP contribution is -2.36. The van der Waals surface area contributed by atoms with Crippen LogP contribution in [0, 0.1) is 0 Å². The van der Waals surface area contributed by atoms with Gasteiger partial charge in [0, 0.05) is 30.9 Å². The van der Waals surface area contributed by atoms with Crippen molar-refractivity contribution in [3.63, 3.8) is 0 Å². The fraction of sp³-hybridized carbons (Fsp3) is 0.333. The van der Waals surface area contributed by atoms with Gasteiger partial charge in [0.2, 0.25) is 5.91 Å². The predicted molar refractivity (Wildman–Crippen MR) is 106 cm³/mol. The Kier molecular flexibility index (Phi) is 6.30. The van der Waals surface area contributed by atoms with Gasteiger partial charge in [-0.15, -0.1) is 0 Å². The van der Waals surface area contributed by atoms with Gasteiger partial charge in [0.1, 0.15) is 5.75 Å². The molecule has 0 saturated heterocycles. The van der Waals surface area contributed by atoms with Gasteiger partial charge in [-0.1, -0.05) is 18.2 Å². The molecule has 0 aromatic heterocycles. The number of hydrogen-bond acceptors (Lipinski definition) is 3. The van der Waals surface area contributed by atoms with Crippen molar-refractivity contribution in [1.29, 1.82) is 0 Å². The second-order valence-corrected chi connectivity index (χ2v) is 6.49. The molecule has 0 radical (unpaired) electrons. The molecule has 1 aliphatic heterocycles. The Bertz CT molecular complexity index is 790. The fourth-order valence-corrected chi connectivity index (χ4v) is 3.22. The van der Waals surface area contributed by atoms with Crippen LogP contribution in [0.3, 0.4) is 0 Å². The summed E-state index contributed by atoms with van der Waals surface area (Å²) in [6.45, 7) is 1.02. The first-order chi connectivity index (χ1) is 13.2. The molecule has 27 heavy (non-hydrogen) atoms. The number of ether oxygens (including phenoxy) is 1. The molecule has 0 atom stereocenters. The summed E-state index contributed by atoms with van der Waals surface area (Å²) in [5, 5.41) is 5.48. The van der Waals surface area contributed by atoms with E-state index in [-0.39, 0.29) is 18.4 Å². The number of methoxy groups -OCH3 is 1. The molecule has 0 unspecified atom stereocenters. The minimum Gasteiger partial charge on any atom is -0.497 e. The summed E-state index contributed by atoms with van der Waals surface area (Å²) >= 11 is 0. The molecular weight excluding hydrogens is 342 g/mol. The van der Waals surface area contributed by atoms with Crippen molar-refractivity contribution < 1.29 is 14.3 Å². The summed E-state index contributed by atoms with van der Waals surface area (Å²) in [5.74, 6) is 0.762. The first kappa shape index (κ1) is 18.8. The SMILES string of the molecule is COc1ccc(NC(=O)NCCC(=O)N2CCCCc3ccccc32)cc1. The Labute approximate surface area is 159 Å². The highest BCUT2D eigenvalue weighted by Gasteiger charge is 2.20. The molecule has 1 aliphatic rings. The van der Waals surface area contributed by atoms with Crippen LogP contribution in [0.5, 0.6) is 5.75 Å². The highest BCUT2D eigenvalue weighted by atomic mass is 16.5. The zero-order valence-corrected chi connectivity index (χ0v) is 15.5. The van der Waals surface area contributed by atoms with Crippen molar-refractivity contribution >= 4 is 23.3 Å². The lowest BCUT2D eigenvalue weighted by Gasteiger charge is -2.23. The standard InChI is InChI=1S/C21H25N3O3/c1-27-18-11-9-17(10-12-18)23-21(26)22-14-13-20(25)24-15-5-4-7-16-6-2-3-8-19(16)24/h2-3,6,8-12H,4-5,7,13-15H2,1H3,(H2,22,23,26). The number of carbonyl (C=O) groups is 2. The molecule has 6 nitrogen and oxygen atoms in total. The van der Waals surface area contributed by atoms with E-state index in [0.717, 1.165) is 37.2 Å². The van der Waals surface area contributed by atoms with Crippen molar-refractivity contribution in [2.45, 2.75) is 25.7 Å². The Hall–Kier alpha value is -3.02. The van der Waals surface area contributed by atoms with Gasteiger partial charge < -0.3 is 20.3 Å². The van der Waals surface area contributed by atoms with E-state index in [1.807, 2.05) is 23.1 Å². The summed E-state index contributed by atoms with van der Waals surface area (Å²) < 4.78 is 5.09. The molecule has 1 heterocycles. The van der Waals surface area contributed by atoms with E-state index in [1.54, 1.807) is 31.4 Å². The van der Waals surface area contributed by atoms with Gasteiger partial charge in [-0.25, -0.2) is 4.79 Å². The van der Waals surface area contributed by atoms with Gasteiger partial charge in [-0.05, 0) is 55.2 Å². The maximum atomic E-state index is 12.7. The van der Waals surface area contributed by atoms with E-state index in [9.17, 15) is 9.59 Å². The van der Waals surface area contributed by atoms with Gasteiger partial charge >= 0.3 is 6.03 Å². The Morgan fingerprint density at radius 2 is 1.85 bits per heavy atom. The smallest absolute Gasteiger partial charge is 0.319 e. The minimum atomic E-state index is -0.329. The molecule has 0 aliphatic carbocycles. The number of nitrogens with zero attached hydrogens (tertiary/aromatic N) is 1. The quantitative estimate of drug-likeness (QED) is 0.849. The lowest BCUT2D eigenvalue weighted by atomic mass is 10.1. The van der Waals surface area contributed by atoms with Crippen molar-refractivity contribution in [2.24, 2.45) is 0 Å². The topological polar surface area (TPSA) is 70.7 Å². The van der Waals surface area contributed by atoms with E-state index in [4.69, 9.17) is 4.74 Å². The van der Waals surface area contributed by atoms with E-state index < -0.39 is 0 Å². The summed E-state index contributed by atoms with van der Waals surface area (Å²) in [4.78, 5) is 26.5. The zero-order valence-electron chi connectivity index (χ0n) is 15.5. The van der Waals surface area contributed by atoms with Crippen LogP contribution in [0.2, 0.25) is 0 Å². The van der Waals surface area contributed by atoms with Crippen LogP contribution < -0.4 is 20.3 Å². The maximum Gasteiger partial charge on any atom is 0.319 e. The number of nitrogens with one attached hydrogen (secondary N) is 2. The average molecular weight is 367 g/mol. The molecule has 0 saturated carbocycles. The Morgan fingerprint density at radius 1 is 1.07 bits per heavy atom. The van der Waals surface area contributed by atoms with Crippen LogP contribution in [0.4, 0.5) is 16.2 Å². The first-order valence-corrected chi connectivity index (χ1v) is 9.24. The second kappa shape index (κ2) is 9.07. The Morgan fingerprint density at radius 3 is 2.63 bits per heavy atom. The number of aryl methyl sites for hydroxylation is 1. The van der Waals surface area contributed by atoms with Gasteiger partial charge in [-0.3, -0.25) is 4.79 Å². The largest absolute Gasteiger partial charge is 0.497 e. The molecule has 0 bridgehead atoms. The molecule has 3 amide bonds. The first-order valence-electron chi connectivity index (χ1n) is 9.24. The molecule has 2 aromatic rings. The lowest BCUT2D eigenvalue weighted by molar-refractivity contribution is -0.118. The van der Waals surface area contributed by atoms with Gasteiger partial charge in [-0.2, -0.15) is 0 Å². The van der Waals surface area contributed by atoms with E-state index in [0.29, 0.717) is 12.2 Å². The number of para-hydroxylation sites is 1. The predicted octanol–water partition coefficient (Wildman–Crippen LogP) is 3.58. The molecule has 6 heteroatoms. The van der Waals surface area contributed by atoms with Crippen molar-refractivity contribution in [3.05, 3.63) is 54.1 Å². The zero-order chi connectivity index (χ0) is 19.1. The third-order valence-corrected chi connectivity index (χ3v) is 4.63. The van der Waals surface area contributed by atoms with E-state index >= 15 is 0 Å². The van der Waals surface area contributed by atoms with Crippen LogP contribution in [-0.4, -0.2) is 32.1 Å². The highest BCUT2D eigenvalue weighted by molar-refractivity contribution is 5.95. The number of hydrogen-bond donors (Lipinski definition) is 2. The van der Waals surface area contributed by atoms with E-state index in [1.165, 1.54) is 5.56 Å². The molecule has 3 rings (SSSR count). The molecular formula is C21H25N3O3. The fourth-order valence-electron chi connectivity index (χ4n) is 3.22. The van der Waals surface area contributed by atoms with Crippen LogP contribution in [0.15, 0.2) is 48.5 Å². The van der Waals surface area contributed by atoms with Crippen LogP contribution >= 0.6 is 0 Å². The van der Waals surface area contributed by atoms with Crippen molar-refractivity contribution in [1.82, 2.24) is 5.32 Å². The molecule has 142 valence electrons. The number of urea groups is 1. The number of fused-ring (bicyclic) bond motifs is 1. The Balaban J connectivity index is 1.49. The summed E-state index contributed by atoms with van der Waals surface area (Å²) in [6, 6.07) is 14.8. The van der Waals surface area contributed by atoms with E-state index in [2.05, 4.69) is 16.7 Å². The number of benzene rings is 2. The van der Waals surface area contributed by atoms with Gasteiger partial charge in [0.25, 0.3) is 0 Å². The third-order valence-electron chi connectivity index (χ3n) is 4.63. The molecule has 2 aromatic carbocycles. The minimum absolute atomic E-state index is 0.0362. The van der Waals surface area contributed by atoms with Gasteiger partial charge in [0.15, 0.2) is 0 Å². The van der Waals surface area contributed by atoms with Gasteiger partial charge in [0.05, 0.1) is 7.11 Å². The molecule has 0 spiro atoms. The highest BCUT2D eigenvalue weighted by Crippen LogP contribution is 2.26. The van der Waals surface area contributed by atoms with Crippen LogP contribution in [-0.2, 0) is 11.2 Å². The monoisotopic (exact) mass is 367 g/mol. The number of anilines is 2. The number of carbonyl (C=O) groups excluding carboxylic acids is 2. The summed E-state index contributed by atoms with van der Waals surface area (Å²) in [7, 11) is 1.59. The average Bonchev–Trinajstić information content (AvgIpc) is 2.91. The normalized spacial score (nSPS) is 13.3. The molecule has 2 N–H and O–H groups in total. The number of rotatable bonds is 5. The molecule has 0 fully saturated rings. The summed E-state index contributed by atoms with van der Waals surface area (Å²) in [6.07, 6.45) is 3.35. The van der Waals surface area contributed by atoms with Crippen LogP contribution in [0.25, 0.3) is 0 Å². The maximum absolute atomic E-state index is 12.7. The second-order valence-electron chi connectivity index (χ2n) is 6.49.